The van der Waals surface area contributed by atoms with Gasteiger partial charge >= 0.3 is 0 Å². The molecule has 0 amide bonds. The number of ether oxygens (including phenoxy) is 2. The minimum Gasteiger partial charge on any atom is -0.493 e. The van der Waals surface area contributed by atoms with Gasteiger partial charge in [-0.25, -0.2) is 10.4 Å². The number of hydrazine groups is 1. The van der Waals surface area contributed by atoms with E-state index in [-0.39, 0.29) is 6.04 Å². The maximum atomic E-state index is 6.02. The van der Waals surface area contributed by atoms with Crippen LogP contribution in [0.3, 0.4) is 0 Å². The fraction of sp³-hybridized carbons (Fsp3) is 0.293. The van der Waals surface area contributed by atoms with Gasteiger partial charge in [-0.1, -0.05) is 55.1 Å². The number of rotatable bonds is 16. The van der Waals surface area contributed by atoms with Crippen LogP contribution in [-0.4, -0.2) is 60.6 Å². The molecule has 8 heteroatoms. The van der Waals surface area contributed by atoms with E-state index in [0.717, 1.165) is 81.2 Å². The molecule has 3 aliphatic heterocycles. The number of H-pyrrole nitrogens is 1. The summed E-state index contributed by atoms with van der Waals surface area (Å²) in [5.74, 6) is 1.39. The van der Waals surface area contributed by atoms with Gasteiger partial charge in [0.15, 0.2) is 0 Å². The molecule has 1 unspecified atom stereocenters. The Balaban J connectivity index is 1.06. The number of nitrogens with zero attached hydrogens (tertiary/aromatic N) is 3. The van der Waals surface area contributed by atoms with E-state index in [0.29, 0.717) is 12.4 Å². The molecule has 1 atom stereocenters. The molecule has 6 rings (SSSR count). The highest BCUT2D eigenvalue weighted by molar-refractivity contribution is 5.75. The third-order valence-electron chi connectivity index (χ3n) is 8.94. The molecule has 0 radical (unpaired) electrons. The Bertz CT molecular complexity index is 1740. The van der Waals surface area contributed by atoms with E-state index >= 15 is 0 Å². The predicted molar refractivity (Wildman–Crippen MR) is 200 cm³/mol. The van der Waals surface area contributed by atoms with Gasteiger partial charge < -0.3 is 19.8 Å². The number of allylic oxidation sites excluding steroid dienone is 5. The molecule has 49 heavy (non-hydrogen) atoms. The number of hydrogen-bond acceptors (Lipinski definition) is 7. The maximum absolute atomic E-state index is 6.02. The molecular formula is C41H48N6O2. The van der Waals surface area contributed by atoms with Crippen molar-refractivity contribution in [2.75, 3.05) is 44.8 Å². The maximum Gasteiger partial charge on any atom is 0.122 e. The van der Waals surface area contributed by atoms with E-state index < -0.39 is 0 Å². The molecule has 0 aliphatic carbocycles. The van der Waals surface area contributed by atoms with Crippen molar-refractivity contribution in [1.82, 2.24) is 20.3 Å². The lowest BCUT2D eigenvalue weighted by Crippen LogP contribution is -2.37. The van der Waals surface area contributed by atoms with Crippen LogP contribution in [0.4, 0.5) is 5.69 Å². The number of anilines is 1. The molecule has 1 aromatic heterocycles. The smallest absolute Gasteiger partial charge is 0.122 e. The lowest BCUT2D eigenvalue weighted by molar-refractivity contribution is 0.0358. The molecule has 1 fully saturated rings. The molecule has 3 N–H and O–H groups in total. The van der Waals surface area contributed by atoms with Crippen molar-refractivity contribution in [2.24, 2.45) is 4.99 Å². The summed E-state index contributed by atoms with van der Waals surface area (Å²) in [6, 6.07) is 21.0. The van der Waals surface area contributed by atoms with Crippen molar-refractivity contribution in [3.63, 3.8) is 0 Å². The van der Waals surface area contributed by atoms with Crippen LogP contribution < -0.4 is 15.5 Å². The molecular weight excluding hydrogens is 608 g/mol. The normalized spacial score (nSPS) is 17.9. The van der Waals surface area contributed by atoms with Gasteiger partial charge in [-0.3, -0.25) is 9.91 Å². The Morgan fingerprint density at radius 3 is 2.82 bits per heavy atom. The zero-order valence-electron chi connectivity index (χ0n) is 28.5. The zero-order chi connectivity index (χ0) is 33.8. The lowest BCUT2D eigenvalue weighted by Gasteiger charge is -2.26. The van der Waals surface area contributed by atoms with E-state index in [1.165, 1.54) is 28.0 Å². The highest BCUT2D eigenvalue weighted by Gasteiger charge is 2.31. The number of hydrogen-bond donors (Lipinski definition) is 3. The molecule has 3 aromatic rings. The van der Waals surface area contributed by atoms with E-state index in [2.05, 4.69) is 105 Å². The first kappa shape index (κ1) is 34.0. The van der Waals surface area contributed by atoms with E-state index in [1.54, 1.807) is 0 Å². The van der Waals surface area contributed by atoms with Crippen LogP contribution in [0.25, 0.3) is 0 Å². The van der Waals surface area contributed by atoms with Crippen molar-refractivity contribution in [3.05, 3.63) is 156 Å². The number of aryl methyl sites for hydroxylation is 1. The minimum atomic E-state index is 0.00653. The molecule has 3 aliphatic rings. The quantitative estimate of drug-likeness (QED) is 0.0836. The van der Waals surface area contributed by atoms with Crippen LogP contribution in [0.1, 0.15) is 42.6 Å². The van der Waals surface area contributed by atoms with E-state index in [9.17, 15) is 0 Å². The fourth-order valence-electron chi connectivity index (χ4n) is 6.38. The number of aromatic amines is 1. The largest absolute Gasteiger partial charge is 0.493 e. The number of nitrogens with one attached hydrogen (secondary N) is 3. The summed E-state index contributed by atoms with van der Waals surface area (Å²) in [7, 11) is 0. The first-order valence-corrected chi connectivity index (χ1v) is 17.2. The number of fused-ring (bicyclic) bond motifs is 1. The lowest BCUT2D eigenvalue weighted by atomic mass is 9.91. The Morgan fingerprint density at radius 2 is 1.96 bits per heavy atom. The van der Waals surface area contributed by atoms with Crippen molar-refractivity contribution in [3.8, 4) is 5.75 Å². The Hall–Kier alpha value is -4.89. The standard InChI is InChI=1S/C41H48N6O2/c1-31(28-36-13-8-19-43-36)16-17-34-10-6-11-35(29-34)41-40(39-15-4-5-22-47(39)45-41)32(2)18-20-42-33(3)44-37-12-7-14-38(30-37)49-25-9-21-46-23-26-48-27-24-46/h4-8,10-15,18-20,22,29-30,41,43-45H,1,3,9,16-17,21,23-28H2,2H3/b32-18+,42-20-. The van der Waals surface area contributed by atoms with Crippen LogP contribution in [0.15, 0.2) is 144 Å². The fourth-order valence-corrected chi connectivity index (χ4v) is 6.38. The van der Waals surface area contributed by atoms with Gasteiger partial charge in [0.2, 0.25) is 0 Å². The van der Waals surface area contributed by atoms with Gasteiger partial charge in [-0.2, -0.15) is 0 Å². The molecule has 0 saturated carbocycles. The third kappa shape index (κ3) is 9.60. The van der Waals surface area contributed by atoms with Gasteiger partial charge in [0.1, 0.15) is 11.6 Å². The summed E-state index contributed by atoms with van der Waals surface area (Å²) in [6.45, 7) is 15.9. The van der Waals surface area contributed by atoms with E-state index in [4.69, 9.17) is 9.47 Å². The first-order chi connectivity index (χ1) is 24.0. The number of aliphatic imine (C=N–C) groups is 1. The Labute approximate surface area is 290 Å². The summed E-state index contributed by atoms with van der Waals surface area (Å²) in [5, 5.41) is 5.41. The highest BCUT2D eigenvalue weighted by Crippen LogP contribution is 2.38. The predicted octanol–water partition coefficient (Wildman–Crippen LogP) is 7.65. The minimum absolute atomic E-state index is 0.00653. The van der Waals surface area contributed by atoms with Crippen molar-refractivity contribution in [2.45, 2.75) is 38.6 Å². The average molecular weight is 657 g/mol. The van der Waals surface area contributed by atoms with Crippen LogP contribution in [-0.2, 0) is 17.6 Å². The monoisotopic (exact) mass is 656 g/mol. The zero-order valence-corrected chi connectivity index (χ0v) is 28.5. The van der Waals surface area contributed by atoms with Crippen LogP contribution in [0, 0.1) is 0 Å². The van der Waals surface area contributed by atoms with Gasteiger partial charge in [0, 0.05) is 67.7 Å². The summed E-state index contributed by atoms with van der Waals surface area (Å²) >= 11 is 0. The average Bonchev–Trinajstić information content (AvgIpc) is 3.78. The van der Waals surface area contributed by atoms with E-state index in [1.807, 2.05) is 48.8 Å². The molecule has 4 heterocycles. The topological polar surface area (TPSA) is 77.2 Å². The Morgan fingerprint density at radius 1 is 1.08 bits per heavy atom. The molecule has 2 aromatic carbocycles. The summed E-state index contributed by atoms with van der Waals surface area (Å²) in [5.41, 5.74) is 13.0. The summed E-state index contributed by atoms with van der Waals surface area (Å²) in [6.07, 6.45) is 18.0. The Kier molecular flexibility index (Phi) is 11.8. The van der Waals surface area contributed by atoms with Crippen LogP contribution in [0.5, 0.6) is 5.75 Å². The van der Waals surface area contributed by atoms with Gasteiger partial charge in [-0.15, -0.1) is 0 Å². The van der Waals surface area contributed by atoms with Gasteiger partial charge in [0.05, 0.1) is 31.6 Å². The van der Waals surface area contributed by atoms with Gasteiger partial charge in [-0.05, 0) is 85.4 Å². The SMILES string of the molecule is C=C(CCc1cccc(C2NN3C=CC=CC3=C2/C(C)=C/C=N\C(=C)Nc2cccc(OCCCN3CCOCC3)c2)c1)Cc1ccc[nH]1. The molecule has 254 valence electrons. The molecule has 1 saturated heterocycles. The highest BCUT2D eigenvalue weighted by atomic mass is 16.5. The van der Waals surface area contributed by atoms with Crippen molar-refractivity contribution < 1.29 is 9.47 Å². The van der Waals surface area contributed by atoms with Gasteiger partial charge in [0.25, 0.3) is 0 Å². The van der Waals surface area contributed by atoms with Crippen LogP contribution >= 0.6 is 0 Å². The molecule has 0 spiro atoms. The molecule has 8 nitrogen and oxygen atoms in total. The second-order valence-corrected chi connectivity index (χ2v) is 12.7. The van der Waals surface area contributed by atoms with Crippen molar-refractivity contribution in [1.29, 1.82) is 0 Å². The number of benzene rings is 2. The second kappa shape index (κ2) is 17.0. The number of aromatic nitrogens is 1. The summed E-state index contributed by atoms with van der Waals surface area (Å²) < 4.78 is 11.5. The van der Waals surface area contributed by atoms with Crippen LogP contribution in [0.2, 0.25) is 0 Å². The molecule has 0 bridgehead atoms. The summed E-state index contributed by atoms with van der Waals surface area (Å²) in [4.78, 5) is 10.3. The van der Waals surface area contributed by atoms with Crippen molar-refractivity contribution >= 4 is 11.9 Å². The first-order valence-electron chi connectivity index (χ1n) is 17.2. The third-order valence-corrected chi connectivity index (χ3v) is 8.94. The second-order valence-electron chi connectivity index (χ2n) is 12.7. The number of morpholine rings is 1.